The third-order valence-corrected chi connectivity index (χ3v) is 3.49. The van der Waals surface area contributed by atoms with Crippen LogP contribution in [-0.2, 0) is 11.2 Å². The summed E-state index contributed by atoms with van der Waals surface area (Å²) in [6.45, 7) is 0. The predicted octanol–water partition coefficient (Wildman–Crippen LogP) is 2.12. The molecule has 6 nitrogen and oxygen atoms in total. The van der Waals surface area contributed by atoms with E-state index in [1.54, 1.807) is 12.1 Å². The summed E-state index contributed by atoms with van der Waals surface area (Å²) >= 11 is 0. The molecule has 0 bridgehead atoms. The molecular formula is C17H16FNO5. The summed E-state index contributed by atoms with van der Waals surface area (Å²) in [6, 6.07) is 5.77. The summed E-state index contributed by atoms with van der Waals surface area (Å²) in [6.07, 6.45) is 1.60. The van der Waals surface area contributed by atoms with Crippen molar-refractivity contribution in [2.45, 2.75) is 12.8 Å². The second kappa shape index (κ2) is 7.54. The molecule has 1 N–H and O–H groups in total. The molecule has 0 aliphatic heterocycles. The summed E-state index contributed by atoms with van der Waals surface area (Å²) in [7, 11) is 2.39. The Labute approximate surface area is 137 Å². The number of ketones is 1. The van der Waals surface area contributed by atoms with Gasteiger partial charge in [0.2, 0.25) is 5.43 Å². The van der Waals surface area contributed by atoms with Crippen molar-refractivity contribution in [2.24, 2.45) is 0 Å². The molecule has 0 amide bonds. The number of hydrogen-bond acceptors (Lipinski definition) is 5. The predicted molar refractivity (Wildman–Crippen MR) is 84.0 cm³/mol. The monoisotopic (exact) mass is 333 g/mol. The molecule has 0 atom stereocenters. The minimum Gasteiger partial charge on any atom is -0.491 e. The lowest BCUT2D eigenvalue weighted by molar-refractivity contribution is 0.0589. The minimum atomic E-state index is -0.769. The molecule has 126 valence electrons. The highest BCUT2D eigenvalue weighted by molar-refractivity contribution is 5.98. The summed E-state index contributed by atoms with van der Waals surface area (Å²) in [5, 5.41) is 0. The van der Waals surface area contributed by atoms with Crippen LogP contribution in [-0.4, -0.2) is 31.0 Å². The van der Waals surface area contributed by atoms with Crippen molar-refractivity contribution in [2.75, 3.05) is 14.2 Å². The normalized spacial score (nSPS) is 10.3. The number of H-pyrrole nitrogens is 1. The van der Waals surface area contributed by atoms with E-state index in [0.29, 0.717) is 6.42 Å². The molecule has 0 saturated heterocycles. The number of esters is 1. The molecule has 0 spiro atoms. The summed E-state index contributed by atoms with van der Waals surface area (Å²) < 4.78 is 22.3. The number of carbonyl (C=O) groups is 2. The van der Waals surface area contributed by atoms with Crippen LogP contribution in [0.15, 0.2) is 35.3 Å². The quantitative estimate of drug-likeness (QED) is 0.646. The van der Waals surface area contributed by atoms with Gasteiger partial charge in [-0.15, -0.1) is 0 Å². The SMILES string of the molecule is COC(=O)c1[nH]cc(C(=O)CCc2ccc(F)cc2)c(=O)c1OC. The molecule has 7 heteroatoms. The molecule has 24 heavy (non-hydrogen) atoms. The van der Waals surface area contributed by atoms with Crippen LogP contribution in [0, 0.1) is 5.82 Å². The third kappa shape index (κ3) is 3.68. The van der Waals surface area contributed by atoms with Crippen molar-refractivity contribution in [3.63, 3.8) is 0 Å². The van der Waals surface area contributed by atoms with Gasteiger partial charge in [-0.1, -0.05) is 12.1 Å². The average Bonchev–Trinajstić information content (AvgIpc) is 2.59. The standard InChI is InChI=1S/C17H16FNO5/c1-23-16-14(17(22)24-2)19-9-12(15(16)21)13(20)8-5-10-3-6-11(18)7-4-10/h3-4,6-7,9H,5,8H2,1-2H3,(H,19,21). The van der Waals surface area contributed by atoms with E-state index < -0.39 is 17.2 Å². The third-order valence-electron chi connectivity index (χ3n) is 3.49. The van der Waals surface area contributed by atoms with Crippen molar-refractivity contribution in [1.82, 2.24) is 4.98 Å². The summed E-state index contributed by atoms with van der Waals surface area (Å²) in [4.78, 5) is 38.7. The van der Waals surface area contributed by atoms with E-state index >= 15 is 0 Å². The number of aromatic nitrogens is 1. The van der Waals surface area contributed by atoms with Gasteiger partial charge in [0.25, 0.3) is 0 Å². The van der Waals surface area contributed by atoms with Crippen LogP contribution < -0.4 is 10.2 Å². The number of halogens is 1. The Morgan fingerprint density at radius 1 is 1.17 bits per heavy atom. The smallest absolute Gasteiger partial charge is 0.358 e. The van der Waals surface area contributed by atoms with E-state index in [0.717, 1.165) is 5.56 Å². The first-order valence-corrected chi connectivity index (χ1v) is 7.13. The Morgan fingerprint density at radius 2 is 1.83 bits per heavy atom. The first kappa shape index (κ1) is 17.4. The van der Waals surface area contributed by atoms with Crippen molar-refractivity contribution in [3.05, 3.63) is 63.3 Å². The van der Waals surface area contributed by atoms with E-state index in [2.05, 4.69) is 9.72 Å². The molecule has 1 aromatic heterocycles. The number of ether oxygens (including phenoxy) is 2. The topological polar surface area (TPSA) is 85.5 Å². The lowest BCUT2D eigenvalue weighted by Gasteiger charge is -2.08. The largest absolute Gasteiger partial charge is 0.491 e. The van der Waals surface area contributed by atoms with Crippen molar-refractivity contribution < 1.29 is 23.5 Å². The van der Waals surface area contributed by atoms with Gasteiger partial charge >= 0.3 is 5.97 Å². The van der Waals surface area contributed by atoms with Crippen LogP contribution >= 0.6 is 0 Å². The zero-order valence-corrected chi connectivity index (χ0v) is 13.2. The number of nitrogens with one attached hydrogen (secondary N) is 1. The van der Waals surface area contributed by atoms with E-state index in [1.165, 1.54) is 32.5 Å². The lowest BCUT2D eigenvalue weighted by atomic mass is 10.0. The molecule has 0 aliphatic rings. The average molecular weight is 333 g/mol. The van der Waals surface area contributed by atoms with Gasteiger partial charge in [0, 0.05) is 12.6 Å². The van der Waals surface area contributed by atoms with Gasteiger partial charge in [-0.25, -0.2) is 9.18 Å². The Hall–Kier alpha value is -2.96. The number of carbonyl (C=O) groups excluding carboxylic acids is 2. The molecular weight excluding hydrogens is 317 g/mol. The van der Waals surface area contributed by atoms with Crippen molar-refractivity contribution in [3.8, 4) is 5.75 Å². The zero-order chi connectivity index (χ0) is 17.7. The van der Waals surface area contributed by atoms with E-state index in [-0.39, 0.29) is 29.2 Å². The Balaban J connectivity index is 2.22. The molecule has 1 heterocycles. The second-order valence-electron chi connectivity index (χ2n) is 4.98. The Bertz CT molecular complexity index is 811. The van der Waals surface area contributed by atoms with Crippen LogP contribution in [0.4, 0.5) is 4.39 Å². The second-order valence-corrected chi connectivity index (χ2v) is 4.98. The molecule has 0 radical (unpaired) electrons. The Morgan fingerprint density at radius 3 is 2.42 bits per heavy atom. The fraction of sp³-hybridized carbons (Fsp3) is 0.235. The number of methoxy groups -OCH3 is 2. The zero-order valence-electron chi connectivity index (χ0n) is 13.2. The van der Waals surface area contributed by atoms with Crippen LogP contribution in [0.1, 0.15) is 32.8 Å². The lowest BCUT2D eigenvalue weighted by Crippen LogP contribution is -2.22. The van der Waals surface area contributed by atoms with Crippen molar-refractivity contribution in [1.29, 1.82) is 0 Å². The first-order valence-electron chi connectivity index (χ1n) is 7.13. The fourth-order valence-corrected chi connectivity index (χ4v) is 2.21. The number of rotatable bonds is 6. The molecule has 2 aromatic rings. The van der Waals surface area contributed by atoms with Gasteiger partial charge < -0.3 is 14.5 Å². The number of aromatic amines is 1. The van der Waals surface area contributed by atoms with Crippen LogP contribution in [0.5, 0.6) is 5.75 Å². The van der Waals surface area contributed by atoms with E-state index in [1.807, 2.05) is 0 Å². The molecule has 2 rings (SSSR count). The maximum Gasteiger partial charge on any atom is 0.358 e. The number of Topliss-reactive ketones (excluding diaryl/α,β-unsaturated/α-hetero) is 1. The summed E-state index contributed by atoms with van der Waals surface area (Å²) in [5.41, 5.74) is -0.165. The maximum absolute atomic E-state index is 12.9. The van der Waals surface area contributed by atoms with Gasteiger partial charge in [-0.2, -0.15) is 0 Å². The first-order chi connectivity index (χ1) is 11.5. The van der Waals surface area contributed by atoms with Gasteiger partial charge in [0.1, 0.15) is 5.82 Å². The maximum atomic E-state index is 12.9. The number of benzene rings is 1. The number of aryl methyl sites for hydroxylation is 1. The van der Waals surface area contributed by atoms with Crippen molar-refractivity contribution >= 4 is 11.8 Å². The Kier molecular flexibility index (Phi) is 5.47. The van der Waals surface area contributed by atoms with E-state index in [4.69, 9.17) is 4.74 Å². The molecule has 0 saturated carbocycles. The fourth-order valence-electron chi connectivity index (χ4n) is 2.21. The van der Waals surface area contributed by atoms with Crippen LogP contribution in [0.2, 0.25) is 0 Å². The number of pyridine rings is 1. The highest BCUT2D eigenvalue weighted by atomic mass is 19.1. The molecule has 0 aliphatic carbocycles. The highest BCUT2D eigenvalue weighted by Gasteiger charge is 2.21. The summed E-state index contributed by atoms with van der Waals surface area (Å²) in [5.74, 6) is -1.80. The van der Waals surface area contributed by atoms with Gasteiger partial charge in [-0.05, 0) is 24.1 Å². The van der Waals surface area contributed by atoms with E-state index in [9.17, 15) is 18.8 Å². The molecule has 0 fully saturated rings. The molecule has 1 aromatic carbocycles. The molecule has 0 unspecified atom stereocenters. The van der Waals surface area contributed by atoms with Gasteiger partial charge in [0.05, 0.1) is 19.8 Å². The van der Waals surface area contributed by atoms with Gasteiger partial charge in [-0.3, -0.25) is 9.59 Å². The van der Waals surface area contributed by atoms with Gasteiger partial charge in [0.15, 0.2) is 17.2 Å². The minimum absolute atomic E-state index is 0.0649. The van der Waals surface area contributed by atoms with Crippen LogP contribution in [0.3, 0.4) is 0 Å². The highest BCUT2D eigenvalue weighted by Crippen LogP contribution is 2.14. The number of hydrogen-bond donors (Lipinski definition) is 1. The van der Waals surface area contributed by atoms with Crippen LogP contribution in [0.25, 0.3) is 0 Å².